The van der Waals surface area contributed by atoms with Gasteiger partial charge in [-0.2, -0.15) is 0 Å². The molecular formula is C92H84Ir3N11O5-3. The second-order valence-electron chi connectivity index (χ2n) is 24.8. The maximum atomic E-state index is 10.1. The van der Waals surface area contributed by atoms with E-state index in [1.165, 1.54) is 6.07 Å². The van der Waals surface area contributed by atoms with E-state index in [-0.39, 0.29) is 77.9 Å². The van der Waals surface area contributed by atoms with Crippen molar-refractivity contribution in [1.29, 1.82) is 0 Å². The number of benzene rings is 11. The van der Waals surface area contributed by atoms with Crippen molar-refractivity contribution >= 4 is 69.7 Å². The zero-order valence-corrected chi connectivity index (χ0v) is 69.5. The molecule has 3 aromatic heterocycles. The van der Waals surface area contributed by atoms with Gasteiger partial charge in [-0.05, 0) is 175 Å². The van der Waals surface area contributed by atoms with Crippen molar-refractivity contribution in [3.05, 3.63) is 367 Å². The Morgan fingerprint density at radius 1 is 0.414 bits per heavy atom. The average molecular weight is 2000 g/mol. The minimum Gasteiger partial charge on any atom is -0.507 e. The van der Waals surface area contributed by atoms with Gasteiger partial charge in [0, 0.05) is 166 Å². The summed E-state index contributed by atoms with van der Waals surface area (Å²) in [6.45, 7) is 12.7. The summed E-state index contributed by atoms with van der Waals surface area (Å²) in [5, 5.41) is 29.2. The van der Waals surface area contributed by atoms with Gasteiger partial charge >= 0.3 is 5.97 Å². The molecular weight excluding hydrogens is 1920 g/mol. The van der Waals surface area contributed by atoms with Crippen LogP contribution in [0.1, 0.15) is 62.9 Å². The number of carbonyl (C=O) groups excluding carboxylic acids is 1. The molecule has 1 atom stereocenters. The van der Waals surface area contributed by atoms with E-state index >= 15 is 0 Å². The SMILES string of the molecule is CN=Cc1ccccc1O.Cc1cnc(-c2[c-]ccc(N(c3ccccc3)c3ccccc3)c2)c(C)n1.Cc1cnc(-c2[c-]ccc(N(c3ccccc3)c3ccccc3)c2)c(C)n1.Cc1cnc(-c2[c-]ccc(N(c3ccccc3)c3ccccc3)c2)c(C)n1.O=C(O)C1CCCN1.O=Cc1ccccc1O.[Ir].[Ir].[Ir]. The third-order valence-corrected chi connectivity index (χ3v) is 16.8. The maximum absolute atomic E-state index is 10.1. The number of phenols is 2. The van der Waals surface area contributed by atoms with Gasteiger partial charge in [-0.3, -0.25) is 29.5 Å². The van der Waals surface area contributed by atoms with Gasteiger partial charge in [0.05, 0.1) is 22.6 Å². The Morgan fingerprint density at radius 2 is 0.694 bits per heavy atom. The van der Waals surface area contributed by atoms with E-state index in [1.54, 1.807) is 62.2 Å². The Kier molecular flexibility index (Phi) is 34.9. The number of aromatic hydroxyl groups is 2. The maximum Gasteiger partial charge on any atom is 0.320 e. The smallest absolute Gasteiger partial charge is 0.320 e. The van der Waals surface area contributed by atoms with Crippen LogP contribution in [0.5, 0.6) is 11.5 Å². The number of aryl methyl sites for hydroxylation is 6. The minimum absolute atomic E-state index is 0. The van der Waals surface area contributed by atoms with Crippen LogP contribution in [0.2, 0.25) is 0 Å². The summed E-state index contributed by atoms with van der Waals surface area (Å²) >= 11 is 0. The van der Waals surface area contributed by atoms with E-state index in [4.69, 9.17) is 15.3 Å². The Morgan fingerprint density at radius 3 is 0.919 bits per heavy atom. The number of carboxylic acids is 1. The molecule has 0 spiro atoms. The van der Waals surface area contributed by atoms with Crippen molar-refractivity contribution in [2.45, 2.75) is 60.4 Å². The van der Waals surface area contributed by atoms with E-state index in [0.717, 1.165) is 144 Å². The van der Waals surface area contributed by atoms with E-state index in [2.05, 4.69) is 255 Å². The number of hydrogen-bond acceptors (Lipinski definition) is 15. The van der Waals surface area contributed by atoms with Crippen LogP contribution >= 0.6 is 0 Å². The summed E-state index contributed by atoms with van der Waals surface area (Å²) in [4.78, 5) is 58.1. The molecule has 0 aliphatic carbocycles. The van der Waals surface area contributed by atoms with Crippen LogP contribution in [-0.2, 0) is 65.1 Å². The molecule has 14 aromatic rings. The fraction of sp³-hybridized carbons (Fsp3) is 0.120. The number of rotatable bonds is 15. The second kappa shape index (κ2) is 44.8. The molecule has 1 saturated heterocycles. The van der Waals surface area contributed by atoms with Crippen LogP contribution < -0.4 is 20.0 Å². The van der Waals surface area contributed by atoms with Crippen molar-refractivity contribution in [2.24, 2.45) is 4.99 Å². The number of nitrogens with zero attached hydrogens (tertiary/aromatic N) is 10. The number of aldehydes is 1. The molecule has 567 valence electrons. The number of phenolic OH excluding ortho intramolecular Hbond substituents is 2. The molecule has 1 unspecified atom stereocenters. The number of hydrogen-bond donors (Lipinski definition) is 4. The normalized spacial score (nSPS) is 11.4. The minimum atomic E-state index is -0.720. The summed E-state index contributed by atoms with van der Waals surface area (Å²) < 4.78 is 0. The van der Waals surface area contributed by atoms with Gasteiger partial charge in [0.25, 0.3) is 0 Å². The molecule has 0 bridgehead atoms. The molecule has 1 fully saturated rings. The number of aliphatic imine (C=N–C) groups is 1. The third kappa shape index (κ3) is 24.9. The molecule has 19 heteroatoms. The van der Waals surface area contributed by atoms with Crippen LogP contribution in [0.25, 0.3) is 33.8 Å². The van der Waals surface area contributed by atoms with E-state index in [1.807, 2.05) is 108 Å². The van der Waals surface area contributed by atoms with Crippen LogP contribution in [0, 0.1) is 59.7 Å². The van der Waals surface area contributed by atoms with Crippen LogP contribution in [0.4, 0.5) is 51.2 Å². The van der Waals surface area contributed by atoms with Gasteiger partial charge in [0.1, 0.15) is 17.5 Å². The molecule has 16 nitrogen and oxygen atoms in total. The average Bonchev–Trinajstić information content (AvgIpc) is 1.63. The van der Waals surface area contributed by atoms with E-state index < -0.39 is 5.97 Å². The molecule has 0 amide bonds. The first-order chi connectivity index (χ1) is 52.7. The predicted molar refractivity (Wildman–Crippen MR) is 435 cm³/mol. The third-order valence-electron chi connectivity index (χ3n) is 16.8. The molecule has 111 heavy (non-hydrogen) atoms. The Hall–Kier alpha value is -11.6. The van der Waals surface area contributed by atoms with Crippen molar-refractivity contribution in [3.63, 3.8) is 0 Å². The van der Waals surface area contributed by atoms with Gasteiger partial charge in [-0.15, -0.1) is 89.5 Å². The van der Waals surface area contributed by atoms with Gasteiger partial charge in [-0.1, -0.05) is 133 Å². The van der Waals surface area contributed by atoms with Gasteiger partial charge in [0.2, 0.25) is 0 Å². The number of anilines is 9. The molecule has 11 aromatic carbocycles. The predicted octanol–water partition coefficient (Wildman–Crippen LogP) is 20.6. The van der Waals surface area contributed by atoms with E-state index in [9.17, 15) is 9.59 Å². The summed E-state index contributed by atoms with van der Waals surface area (Å²) in [5.41, 5.74) is 21.8. The van der Waals surface area contributed by atoms with Crippen molar-refractivity contribution in [3.8, 4) is 45.3 Å². The first kappa shape index (κ1) is 86.6. The standard InChI is InChI=1S/3C24H20N3.C8H9NO.C7H6O2.C5H9NO2.3Ir/c3*1-18-17-25-24(19(2)26-18)20-10-9-15-23(16-20)27(21-11-5-3-6-12-21)22-13-7-4-8-14-22;1-9-6-7-4-2-3-5-8(7)10;8-5-6-3-1-2-4-7(6)9;7-5(8)4-2-1-3-6-4;;;/h3*3-9,11-17H,1-2H3;2-6,10H,1H3;1-5,9H;4,6H,1-3H2,(H,7,8);;;/q3*-1;;;;;;. The quantitative estimate of drug-likeness (QED) is 0.0428. The number of aliphatic carboxylic acids is 1. The molecule has 4 N–H and O–H groups in total. The van der Waals surface area contributed by atoms with Crippen molar-refractivity contribution in [1.82, 2.24) is 35.2 Å². The molecule has 0 saturated carbocycles. The number of para-hydroxylation sites is 8. The summed E-state index contributed by atoms with van der Waals surface area (Å²) in [7, 11) is 1.67. The fourth-order valence-electron chi connectivity index (χ4n) is 11.8. The summed E-state index contributed by atoms with van der Waals surface area (Å²) in [6.07, 6.45) is 9.43. The first-order valence-corrected chi connectivity index (χ1v) is 35.2. The molecule has 15 rings (SSSR count). The topological polar surface area (TPSA) is 206 Å². The largest absolute Gasteiger partial charge is 0.507 e. The van der Waals surface area contributed by atoms with Gasteiger partial charge < -0.3 is 50.3 Å². The zero-order valence-electron chi connectivity index (χ0n) is 62.4. The summed E-state index contributed by atoms with van der Waals surface area (Å²) in [5.74, 6) is -0.414. The fourth-order valence-corrected chi connectivity index (χ4v) is 11.8. The van der Waals surface area contributed by atoms with E-state index in [0.29, 0.717) is 11.8 Å². The van der Waals surface area contributed by atoms with Crippen molar-refractivity contribution < 1.29 is 85.2 Å². The number of carboxylic acid groups (broad SMARTS) is 1. The Labute approximate surface area is 690 Å². The first-order valence-electron chi connectivity index (χ1n) is 35.2. The Balaban J connectivity index is 0.000000195. The number of aromatic nitrogens is 6. The molecule has 1 aliphatic rings. The van der Waals surface area contributed by atoms with Crippen LogP contribution in [0.15, 0.2) is 309 Å². The number of nitrogens with one attached hydrogen (secondary N) is 1. The van der Waals surface area contributed by atoms with Crippen LogP contribution in [-0.4, -0.2) is 83.3 Å². The van der Waals surface area contributed by atoms with Crippen LogP contribution in [0.3, 0.4) is 0 Å². The molecule has 3 radical (unpaired) electrons. The number of carbonyl (C=O) groups is 2. The molecule has 4 heterocycles. The summed E-state index contributed by atoms with van der Waals surface area (Å²) in [6, 6.07) is 104. The monoisotopic (exact) mass is 2000 g/mol. The van der Waals surface area contributed by atoms with Gasteiger partial charge in [0.15, 0.2) is 6.29 Å². The van der Waals surface area contributed by atoms with Gasteiger partial charge in [-0.25, -0.2) is 0 Å². The van der Waals surface area contributed by atoms with Crippen molar-refractivity contribution in [2.75, 3.05) is 28.3 Å². The molecule has 1 aliphatic heterocycles. The second-order valence-corrected chi connectivity index (χ2v) is 24.8. The zero-order chi connectivity index (χ0) is 76.0. The Bertz CT molecular complexity index is 4680.